The molecule has 0 aliphatic carbocycles. The van der Waals surface area contributed by atoms with Crippen molar-refractivity contribution < 1.29 is 24.5 Å². The molecule has 1 aromatic carbocycles. The monoisotopic (exact) mass is 388 g/mol. The molecule has 3 atom stereocenters. The van der Waals surface area contributed by atoms with Crippen LogP contribution in [-0.2, 0) is 16.0 Å². The number of nitrogens with zero attached hydrogens (tertiary/aromatic N) is 1. The van der Waals surface area contributed by atoms with E-state index in [2.05, 4.69) is 11.1 Å². The number of hydrogen-bond donors (Lipinski definition) is 3. The summed E-state index contributed by atoms with van der Waals surface area (Å²) in [5.74, 6) is 0.128. The summed E-state index contributed by atoms with van der Waals surface area (Å²) in [6.07, 6.45) is 4.12. The molecule has 0 bridgehead atoms. The van der Waals surface area contributed by atoms with E-state index >= 15 is 0 Å². The van der Waals surface area contributed by atoms with Gasteiger partial charge in [-0.2, -0.15) is 0 Å². The number of fused-ring (bicyclic) bond motifs is 1. The minimum atomic E-state index is -1.21. The zero-order valence-electron chi connectivity index (χ0n) is 16.1. The van der Waals surface area contributed by atoms with Gasteiger partial charge in [-0.05, 0) is 49.8 Å². The van der Waals surface area contributed by atoms with Crippen molar-refractivity contribution in [3.8, 4) is 5.75 Å². The number of aliphatic hydroxyl groups is 2. The van der Waals surface area contributed by atoms with Crippen molar-refractivity contribution in [2.75, 3.05) is 13.7 Å². The van der Waals surface area contributed by atoms with E-state index in [1.54, 1.807) is 13.3 Å². The Labute approximate surface area is 164 Å². The van der Waals surface area contributed by atoms with E-state index in [9.17, 15) is 9.90 Å². The van der Waals surface area contributed by atoms with Crippen molar-refractivity contribution in [3.63, 3.8) is 0 Å². The normalized spacial score (nSPS) is 23.5. The van der Waals surface area contributed by atoms with E-state index in [-0.39, 0.29) is 12.5 Å². The van der Waals surface area contributed by atoms with E-state index in [1.807, 2.05) is 18.2 Å². The Balaban J connectivity index is 1.74. The number of nitrogens with two attached hydrogens (primary N) is 1. The summed E-state index contributed by atoms with van der Waals surface area (Å²) < 4.78 is 11.4. The molecule has 152 valence electrons. The summed E-state index contributed by atoms with van der Waals surface area (Å²) in [5.41, 5.74) is 6.43. The average Bonchev–Trinajstić information content (AvgIpc) is 2.71. The second-order valence-electron chi connectivity index (χ2n) is 7.43. The molecule has 1 unspecified atom stereocenters. The largest absolute Gasteiger partial charge is 0.495 e. The molecule has 1 aliphatic heterocycles. The first-order valence-corrected chi connectivity index (χ1v) is 9.65. The van der Waals surface area contributed by atoms with Gasteiger partial charge in [0.1, 0.15) is 11.4 Å². The molecule has 2 heterocycles. The van der Waals surface area contributed by atoms with Crippen LogP contribution in [0, 0.1) is 0 Å². The number of aromatic nitrogens is 1. The highest BCUT2D eigenvalue weighted by Crippen LogP contribution is 2.35. The van der Waals surface area contributed by atoms with Gasteiger partial charge >= 0.3 is 0 Å². The van der Waals surface area contributed by atoms with Crippen LogP contribution in [0.5, 0.6) is 5.75 Å². The maximum Gasteiger partial charge on any atom is 0.249 e. The number of benzene rings is 1. The lowest BCUT2D eigenvalue weighted by atomic mass is 9.85. The molecular formula is C21H28N2O5. The van der Waals surface area contributed by atoms with Crippen LogP contribution in [-0.4, -0.2) is 52.6 Å². The van der Waals surface area contributed by atoms with Crippen molar-refractivity contribution in [2.24, 2.45) is 5.73 Å². The molecule has 7 nitrogen and oxygen atoms in total. The maximum absolute atomic E-state index is 12.1. The zero-order valence-corrected chi connectivity index (χ0v) is 16.1. The lowest BCUT2D eigenvalue weighted by Gasteiger charge is -2.40. The molecule has 28 heavy (non-hydrogen) atoms. The summed E-state index contributed by atoms with van der Waals surface area (Å²) in [6, 6.07) is 7.97. The predicted molar refractivity (Wildman–Crippen MR) is 105 cm³/mol. The second-order valence-corrected chi connectivity index (χ2v) is 7.43. The van der Waals surface area contributed by atoms with Crippen molar-refractivity contribution in [3.05, 3.63) is 36.0 Å². The Bertz CT molecular complexity index is 828. The minimum Gasteiger partial charge on any atom is -0.495 e. The quantitative estimate of drug-likeness (QED) is 0.634. The lowest BCUT2D eigenvalue weighted by molar-refractivity contribution is -0.172. The van der Waals surface area contributed by atoms with Crippen LogP contribution < -0.4 is 10.5 Å². The fourth-order valence-corrected chi connectivity index (χ4v) is 3.97. The number of aliphatic hydroxyl groups excluding tert-OH is 2. The van der Waals surface area contributed by atoms with Crippen LogP contribution >= 0.6 is 0 Å². The number of primary amides is 1. The molecule has 1 saturated heterocycles. The van der Waals surface area contributed by atoms with E-state index in [1.165, 1.54) is 0 Å². The molecule has 1 aromatic heterocycles. The number of carbonyl (C=O) groups excluding carboxylic acids is 1. The Morgan fingerprint density at radius 1 is 1.50 bits per heavy atom. The van der Waals surface area contributed by atoms with Gasteiger partial charge in [0, 0.05) is 11.8 Å². The topological polar surface area (TPSA) is 115 Å². The molecule has 0 saturated carbocycles. The highest BCUT2D eigenvalue weighted by molar-refractivity contribution is 5.84. The minimum absolute atomic E-state index is 0.0186. The maximum atomic E-state index is 12.1. The number of ether oxygens (including phenoxy) is 2. The molecule has 0 radical (unpaired) electrons. The van der Waals surface area contributed by atoms with Crippen LogP contribution in [0.2, 0.25) is 0 Å². The second kappa shape index (κ2) is 8.86. The third kappa shape index (κ3) is 4.43. The van der Waals surface area contributed by atoms with Crippen LogP contribution in [0.4, 0.5) is 0 Å². The van der Waals surface area contributed by atoms with E-state index in [0.29, 0.717) is 12.2 Å². The molecule has 1 amide bonds. The van der Waals surface area contributed by atoms with Gasteiger partial charge in [-0.3, -0.25) is 9.78 Å². The molecule has 3 rings (SSSR count). The number of pyridine rings is 1. The molecule has 0 spiro atoms. The van der Waals surface area contributed by atoms with Crippen molar-refractivity contribution in [2.45, 2.75) is 56.3 Å². The number of methoxy groups -OCH3 is 1. The van der Waals surface area contributed by atoms with E-state index in [4.69, 9.17) is 20.3 Å². The van der Waals surface area contributed by atoms with Crippen molar-refractivity contribution in [1.82, 2.24) is 4.98 Å². The summed E-state index contributed by atoms with van der Waals surface area (Å²) in [6.45, 7) is -0.423. The zero-order chi connectivity index (χ0) is 20.1. The van der Waals surface area contributed by atoms with Gasteiger partial charge in [-0.15, -0.1) is 0 Å². The summed E-state index contributed by atoms with van der Waals surface area (Å²) in [7, 11) is 1.62. The van der Waals surface area contributed by atoms with Gasteiger partial charge < -0.3 is 25.4 Å². The molecule has 7 heteroatoms. The standard InChI is InChI=1S/C21H28N2O5/c1-27-17-10-18-14(4-2-6-19(18)23-12-17)7-8-16-5-3-9-21(28-16,20(22)26)11-15(25)13-24/h2,4,6,10,12,15-16,24-25H,3,5,7-9,11,13H2,1H3,(H2,22,26)/t15?,16-,21-/m1/s1. The fraction of sp³-hybridized carbons (Fsp3) is 0.524. The highest BCUT2D eigenvalue weighted by Gasteiger charge is 2.43. The molecule has 1 fully saturated rings. The summed E-state index contributed by atoms with van der Waals surface area (Å²) >= 11 is 0. The molecule has 2 aromatic rings. The van der Waals surface area contributed by atoms with Crippen molar-refractivity contribution >= 4 is 16.8 Å². The molecular weight excluding hydrogens is 360 g/mol. The SMILES string of the molecule is COc1cnc2cccc(CC[C@H]3CCC[C@@](CC(O)CO)(C(N)=O)O3)c2c1. The van der Waals surface area contributed by atoms with Crippen LogP contribution in [0.1, 0.15) is 37.7 Å². The first kappa shape index (κ1) is 20.5. The number of amides is 1. The first-order chi connectivity index (χ1) is 13.5. The van der Waals surface area contributed by atoms with E-state index in [0.717, 1.165) is 42.1 Å². The van der Waals surface area contributed by atoms with Gasteiger partial charge in [0.15, 0.2) is 0 Å². The van der Waals surface area contributed by atoms with Gasteiger partial charge in [0.25, 0.3) is 0 Å². The summed E-state index contributed by atoms with van der Waals surface area (Å²) in [4.78, 5) is 16.5. The summed E-state index contributed by atoms with van der Waals surface area (Å²) in [5, 5.41) is 20.0. The number of hydrogen-bond acceptors (Lipinski definition) is 6. The Morgan fingerprint density at radius 2 is 2.32 bits per heavy atom. The highest BCUT2D eigenvalue weighted by atomic mass is 16.5. The number of aryl methyl sites for hydroxylation is 1. The van der Waals surface area contributed by atoms with Crippen LogP contribution in [0.3, 0.4) is 0 Å². The smallest absolute Gasteiger partial charge is 0.249 e. The van der Waals surface area contributed by atoms with Crippen molar-refractivity contribution in [1.29, 1.82) is 0 Å². The third-order valence-electron chi connectivity index (χ3n) is 5.49. The molecule has 4 N–H and O–H groups in total. The Morgan fingerprint density at radius 3 is 3.04 bits per heavy atom. The average molecular weight is 388 g/mol. The third-order valence-corrected chi connectivity index (χ3v) is 5.49. The number of rotatable bonds is 8. The fourth-order valence-electron chi connectivity index (χ4n) is 3.97. The first-order valence-electron chi connectivity index (χ1n) is 9.65. The van der Waals surface area contributed by atoms with Gasteiger partial charge in [0.05, 0.1) is 37.6 Å². The predicted octanol–water partition coefficient (Wildman–Crippen LogP) is 1.71. The van der Waals surface area contributed by atoms with Crippen LogP contribution in [0.15, 0.2) is 30.5 Å². The number of carbonyl (C=O) groups is 1. The van der Waals surface area contributed by atoms with Gasteiger partial charge in [0.2, 0.25) is 5.91 Å². The Kier molecular flexibility index (Phi) is 6.49. The van der Waals surface area contributed by atoms with Gasteiger partial charge in [-0.1, -0.05) is 12.1 Å². The van der Waals surface area contributed by atoms with E-state index < -0.39 is 24.2 Å². The molecule has 1 aliphatic rings. The Hall–Kier alpha value is -2.22. The van der Waals surface area contributed by atoms with Crippen LogP contribution in [0.25, 0.3) is 10.9 Å². The van der Waals surface area contributed by atoms with Gasteiger partial charge in [-0.25, -0.2) is 0 Å². The lowest BCUT2D eigenvalue weighted by Crippen LogP contribution is -2.53.